The van der Waals surface area contributed by atoms with Crippen LogP contribution in [0.3, 0.4) is 0 Å². The number of para-hydroxylation sites is 1. The van der Waals surface area contributed by atoms with Crippen molar-refractivity contribution >= 4 is 0 Å². The Labute approximate surface area is 84.3 Å². The summed E-state index contributed by atoms with van der Waals surface area (Å²) in [5.41, 5.74) is 1.29. The molecule has 1 atom stereocenters. The SMILES string of the molecule is C#CCNCC1Cc2ccccc2O1. The van der Waals surface area contributed by atoms with E-state index in [4.69, 9.17) is 11.2 Å². The topological polar surface area (TPSA) is 21.3 Å². The molecule has 1 N–H and O–H groups in total. The van der Waals surface area contributed by atoms with E-state index in [9.17, 15) is 0 Å². The van der Waals surface area contributed by atoms with Crippen LogP contribution in [-0.4, -0.2) is 19.2 Å². The quantitative estimate of drug-likeness (QED) is 0.567. The zero-order chi connectivity index (χ0) is 9.80. The predicted molar refractivity (Wildman–Crippen MR) is 56.3 cm³/mol. The molecule has 1 heterocycles. The lowest BCUT2D eigenvalue weighted by atomic mass is 10.1. The number of ether oxygens (including phenoxy) is 1. The molecule has 0 radical (unpaired) electrons. The normalized spacial score (nSPS) is 18.4. The smallest absolute Gasteiger partial charge is 0.123 e. The summed E-state index contributed by atoms with van der Waals surface area (Å²) in [6.45, 7) is 1.43. The fraction of sp³-hybridized carbons (Fsp3) is 0.333. The standard InChI is InChI=1S/C12H13NO/c1-2-7-13-9-11-8-10-5-3-4-6-12(10)14-11/h1,3-6,11,13H,7-9H2. The van der Waals surface area contributed by atoms with Crippen molar-refractivity contribution in [2.45, 2.75) is 12.5 Å². The van der Waals surface area contributed by atoms with Gasteiger partial charge in [0, 0.05) is 13.0 Å². The number of nitrogens with one attached hydrogen (secondary N) is 1. The molecule has 0 saturated heterocycles. The van der Waals surface area contributed by atoms with Crippen molar-refractivity contribution in [2.24, 2.45) is 0 Å². The monoisotopic (exact) mass is 187 g/mol. The zero-order valence-corrected chi connectivity index (χ0v) is 7.99. The van der Waals surface area contributed by atoms with Crippen molar-refractivity contribution in [3.63, 3.8) is 0 Å². The Morgan fingerprint density at radius 3 is 3.14 bits per heavy atom. The summed E-state index contributed by atoms with van der Waals surface area (Å²) < 4.78 is 5.72. The van der Waals surface area contributed by atoms with Crippen LogP contribution in [0, 0.1) is 12.3 Å². The first-order valence-electron chi connectivity index (χ1n) is 4.79. The summed E-state index contributed by atoms with van der Waals surface area (Å²) in [7, 11) is 0. The molecule has 0 fully saturated rings. The Morgan fingerprint density at radius 2 is 2.36 bits per heavy atom. The Bertz CT molecular complexity index is 329. The molecule has 2 heteroatoms. The first-order valence-corrected chi connectivity index (χ1v) is 4.79. The van der Waals surface area contributed by atoms with Gasteiger partial charge in [0.25, 0.3) is 0 Å². The Kier molecular flexibility index (Phi) is 2.71. The lowest BCUT2D eigenvalue weighted by Crippen LogP contribution is -2.30. The molecule has 0 amide bonds. The summed E-state index contributed by atoms with van der Waals surface area (Å²) in [4.78, 5) is 0. The Balaban J connectivity index is 1.89. The fourth-order valence-electron chi connectivity index (χ4n) is 1.67. The van der Waals surface area contributed by atoms with Gasteiger partial charge in [0.05, 0.1) is 6.54 Å². The van der Waals surface area contributed by atoms with Crippen LogP contribution in [0.2, 0.25) is 0 Å². The van der Waals surface area contributed by atoms with E-state index in [2.05, 4.69) is 17.3 Å². The molecular formula is C12H13NO. The maximum Gasteiger partial charge on any atom is 0.123 e. The summed E-state index contributed by atoms with van der Waals surface area (Å²) in [6.07, 6.45) is 6.36. The minimum Gasteiger partial charge on any atom is -0.488 e. The van der Waals surface area contributed by atoms with Crippen LogP contribution in [0.5, 0.6) is 5.75 Å². The van der Waals surface area contributed by atoms with Crippen LogP contribution in [0.1, 0.15) is 5.56 Å². The third-order valence-electron chi connectivity index (χ3n) is 2.31. The number of hydrogen-bond donors (Lipinski definition) is 1. The van der Waals surface area contributed by atoms with Crippen molar-refractivity contribution in [2.75, 3.05) is 13.1 Å². The predicted octanol–water partition coefficient (Wildman–Crippen LogP) is 1.21. The lowest BCUT2D eigenvalue weighted by molar-refractivity contribution is 0.230. The molecule has 1 aromatic carbocycles. The molecule has 0 spiro atoms. The van der Waals surface area contributed by atoms with Gasteiger partial charge in [-0.15, -0.1) is 6.42 Å². The number of rotatable bonds is 3. The molecule has 0 saturated carbocycles. The molecule has 1 aromatic rings. The van der Waals surface area contributed by atoms with E-state index in [0.717, 1.165) is 18.7 Å². The van der Waals surface area contributed by atoms with Gasteiger partial charge < -0.3 is 10.1 Å². The molecule has 2 rings (SSSR count). The first-order chi connectivity index (χ1) is 6.90. The average Bonchev–Trinajstić information content (AvgIpc) is 2.60. The van der Waals surface area contributed by atoms with Crippen molar-refractivity contribution in [1.29, 1.82) is 0 Å². The molecule has 0 bridgehead atoms. The summed E-state index contributed by atoms with van der Waals surface area (Å²) in [6, 6.07) is 8.16. The first kappa shape index (κ1) is 9.11. The average molecular weight is 187 g/mol. The van der Waals surface area contributed by atoms with Gasteiger partial charge in [0.15, 0.2) is 0 Å². The zero-order valence-electron chi connectivity index (χ0n) is 7.99. The highest BCUT2D eigenvalue weighted by Crippen LogP contribution is 2.27. The Morgan fingerprint density at radius 1 is 1.50 bits per heavy atom. The van der Waals surface area contributed by atoms with Gasteiger partial charge in [-0.2, -0.15) is 0 Å². The maximum absolute atomic E-state index is 5.72. The van der Waals surface area contributed by atoms with E-state index in [0.29, 0.717) is 6.54 Å². The molecular weight excluding hydrogens is 174 g/mol. The molecule has 72 valence electrons. The van der Waals surface area contributed by atoms with E-state index in [-0.39, 0.29) is 6.10 Å². The van der Waals surface area contributed by atoms with Crippen molar-refractivity contribution in [1.82, 2.24) is 5.32 Å². The van der Waals surface area contributed by atoms with Crippen LogP contribution in [0.25, 0.3) is 0 Å². The molecule has 0 aromatic heterocycles. The summed E-state index contributed by atoms with van der Waals surface area (Å²) in [5.74, 6) is 3.56. The van der Waals surface area contributed by atoms with E-state index >= 15 is 0 Å². The molecule has 14 heavy (non-hydrogen) atoms. The van der Waals surface area contributed by atoms with Crippen molar-refractivity contribution in [3.05, 3.63) is 29.8 Å². The lowest BCUT2D eigenvalue weighted by Gasteiger charge is -2.09. The summed E-state index contributed by atoms with van der Waals surface area (Å²) >= 11 is 0. The van der Waals surface area contributed by atoms with Gasteiger partial charge in [-0.3, -0.25) is 0 Å². The van der Waals surface area contributed by atoms with Crippen LogP contribution in [0.15, 0.2) is 24.3 Å². The largest absolute Gasteiger partial charge is 0.488 e. The minimum absolute atomic E-state index is 0.237. The van der Waals surface area contributed by atoms with Crippen molar-refractivity contribution < 1.29 is 4.74 Å². The van der Waals surface area contributed by atoms with Gasteiger partial charge in [0.2, 0.25) is 0 Å². The van der Waals surface area contributed by atoms with Crippen LogP contribution in [0.4, 0.5) is 0 Å². The maximum atomic E-state index is 5.72. The summed E-state index contributed by atoms with van der Waals surface area (Å²) in [5, 5.41) is 3.15. The van der Waals surface area contributed by atoms with Crippen LogP contribution >= 0.6 is 0 Å². The van der Waals surface area contributed by atoms with E-state index in [1.54, 1.807) is 0 Å². The van der Waals surface area contributed by atoms with E-state index in [1.807, 2.05) is 18.2 Å². The number of benzene rings is 1. The highest BCUT2D eigenvalue weighted by atomic mass is 16.5. The number of fused-ring (bicyclic) bond motifs is 1. The number of terminal acetylenes is 1. The minimum atomic E-state index is 0.237. The molecule has 0 aliphatic carbocycles. The van der Waals surface area contributed by atoms with Crippen molar-refractivity contribution in [3.8, 4) is 18.1 Å². The number of hydrogen-bond acceptors (Lipinski definition) is 2. The molecule has 1 unspecified atom stereocenters. The van der Waals surface area contributed by atoms with Gasteiger partial charge in [-0.1, -0.05) is 24.1 Å². The Hall–Kier alpha value is -1.46. The second-order valence-corrected chi connectivity index (χ2v) is 3.39. The highest BCUT2D eigenvalue weighted by molar-refractivity contribution is 5.37. The second kappa shape index (κ2) is 4.17. The molecule has 2 nitrogen and oxygen atoms in total. The van der Waals surface area contributed by atoms with Gasteiger partial charge in [0.1, 0.15) is 11.9 Å². The van der Waals surface area contributed by atoms with E-state index in [1.165, 1.54) is 5.56 Å². The van der Waals surface area contributed by atoms with Gasteiger partial charge in [-0.05, 0) is 11.6 Å². The molecule has 1 aliphatic heterocycles. The third-order valence-corrected chi connectivity index (χ3v) is 2.31. The highest BCUT2D eigenvalue weighted by Gasteiger charge is 2.21. The van der Waals surface area contributed by atoms with Gasteiger partial charge in [-0.25, -0.2) is 0 Å². The third kappa shape index (κ3) is 1.89. The van der Waals surface area contributed by atoms with Gasteiger partial charge >= 0.3 is 0 Å². The second-order valence-electron chi connectivity index (χ2n) is 3.39. The van der Waals surface area contributed by atoms with Crippen LogP contribution in [-0.2, 0) is 6.42 Å². The molecule has 1 aliphatic rings. The van der Waals surface area contributed by atoms with E-state index < -0.39 is 0 Å². The fourth-order valence-corrected chi connectivity index (χ4v) is 1.67. The van der Waals surface area contributed by atoms with Crippen LogP contribution < -0.4 is 10.1 Å².